The van der Waals surface area contributed by atoms with E-state index in [9.17, 15) is 9.59 Å². The zero-order chi connectivity index (χ0) is 61.5. The van der Waals surface area contributed by atoms with Crippen LogP contribution in [-0.4, -0.2) is 95.0 Å². The Hall–Kier alpha value is -7.01. The van der Waals surface area contributed by atoms with Crippen molar-refractivity contribution in [3.63, 3.8) is 0 Å². The molecule has 0 radical (unpaired) electrons. The van der Waals surface area contributed by atoms with Gasteiger partial charge in [-0.3, -0.25) is 9.59 Å². The molecule has 3 aliphatic rings. The quantitative estimate of drug-likeness (QED) is 0.0698. The van der Waals surface area contributed by atoms with E-state index < -0.39 is 11.2 Å². The van der Waals surface area contributed by atoms with Crippen molar-refractivity contribution in [1.29, 1.82) is 0 Å². The number of halogens is 1. The Bertz CT molecular complexity index is 3280. The number of piperidine rings is 3. The first-order valence-electron chi connectivity index (χ1n) is 28.1. The molecule has 3 aliphatic heterocycles. The van der Waals surface area contributed by atoms with Crippen molar-refractivity contribution >= 4 is 123 Å². The van der Waals surface area contributed by atoms with Gasteiger partial charge in [-0.15, -0.1) is 15.0 Å². The fourth-order valence-electron chi connectivity index (χ4n) is 10.2. The second-order valence-corrected chi connectivity index (χ2v) is 26.5. The van der Waals surface area contributed by atoms with Crippen LogP contribution in [0.25, 0.3) is 14.5 Å². The lowest BCUT2D eigenvalue weighted by molar-refractivity contribution is -0.157. The fourth-order valence-corrected chi connectivity index (χ4v) is 12.5. The molecule has 0 bridgehead atoms. The highest BCUT2D eigenvalue weighted by Gasteiger charge is 2.34. The van der Waals surface area contributed by atoms with Gasteiger partial charge < -0.3 is 60.8 Å². The number of hydrogen-bond donors (Lipinski definition) is 4. The van der Waals surface area contributed by atoms with Crippen LogP contribution in [0.5, 0.6) is 0 Å². The first-order valence-corrected chi connectivity index (χ1v) is 31.2. The largest absolute Gasteiger partial charge is 0.460 e. The van der Waals surface area contributed by atoms with Gasteiger partial charge in [0.2, 0.25) is 0 Å². The molecular weight excluding hydrogens is 1180 g/mol. The molecule has 9 heterocycles. The number of pyridine rings is 3. The number of nitrogens with two attached hydrogens (primary N) is 2. The third-order valence-electron chi connectivity index (χ3n) is 14.3. The van der Waals surface area contributed by atoms with Crippen molar-refractivity contribution in [2.24, 2.45) is 17.6 Å². The number of carbonyl (C=O) groups excluding carboxylic acids is 2. The molecule has 9 rings (SSSR count). The molecule has 6 atom stereocenters. The summed E-state index contributed by atoms with van der Waals surface area (Å²) in [7, 11) is 0. The van der Waals surface area contributed by atoms with Gasteiger partial charge in [-0.25, -0.2) is 0 Å². The van der Waals surface area contributed by atoms with Crippen molar-refractivity contribution in [1.82, 2.24) is 28.1 Å². The van der Waals surface area contributed by atoms with E-state index in [1.807, 2.05) is 98.7 Å². The van der Waals surface area contributed by atoms with Crippen molar-refractivity contribution in [2.45, 2.75) is 170 Å². The molecular formula is C60H79BrN16O4S3. The third kappa shape index (κ3) is 19.5. The van der Waals surface area contributed by atoms with E-state index in [2.05, 4.69) is 105 Å². The SMILES string of the molecule is Cc1cc(N)sn1.[C-]#[N+]c1ncc(N2CCC[C@@H](CC(=O)OC(C)(C)C)[C@H]2C)cc1Br.[C-]#[N+]c1ncc(N2CCC[C@@H](CC(=O)OC(C)(C)C)[C@H]2C)cc1Nc1cc(C)ns1.[C-]#[N+]c1ncc(N2CCC[C@@H](N)[C@H]2C)cc1Nc1cc(C)ns1. The summed E-state index contributed by atoms with van der Waals surface area (Å²) in [4.78, 5) is 54.7. The fraction of sp³-hybridized carbons (Fsp3) is 0.517. The number of esters is 2. The highest BCUT2D eigenvalue weighted by atomic mass is 79.9. The summed E-state index contributed by atoms with van der Waals surface area (Å²) in [6, 6.07) is 12.5. The standard InChI is InChI=1S/C22H29N5O2S.C18H24BrN3O2.C16H20N6S.C4H6N2S/c1-14-10-19(30-26-14)25-18-12-17(13-24-21(18)23-6)27-9-7-8-16(15(27)2)11-20(28)29-22(3,4)5;1-12-13(9-16(23)24-18(2,3)4)7-6-8-22(12)14-10-15(19)17(20-5)21-11-14;1-10-7-15(23-21-10)20-14-8-12(9-19-16(14)18-3)22-6-4-5-13(17)11(22)2;1-3-2-4(5)7-6-3/h10,12-13,15-16,25H,7-9,11H2,1-5H3;10-13H,6-9H2,1-4H3;7-9,11,13,20H,4-6,17H2,1-2H3;2H,5H2,1H3/t15-,16+;12-,13+;11-,13-;/m111./s1. The normalized spacial score (nSPS) is 19.5. The Balaban J connectivity index is 0.000000192. The first kappa shape index (κ1) is 66.1. The zero-order valence-electron chi connectivity index (χ0n) is 50.2. The minimum atomic E-state index is -0.468. The highest BCUT2D eigenvalue weighted by Crippen LogP contribution is 2.38. The molecule has 6 aromatic heterocycles. The van der Waals surface area contributed by atoms with Gasteiger partial charge in [0.1, 0.15) is 44.8 Å². The van der Waals surface area contributed by atoms with Crippen LogP contribution in [-0.2, 0) is 19.1 Å². The molecule has 3 fully saturated rings. The van der Waals surface area contributed by atoms with Crippen LogP contribution >= 0.6 is 50.5 Å². The van der Waals surface area contributed by atoms with Crippen LogP contribution in [0.1, 0.15) is 131 Å². The van der Waals surface area contributed by atoms with Crippen molar-refractivity contribution < 1.29 is 19.1 Å². The third-order valence-corrected chi connectivity index (χ3v) is 17.2. The highest BCUT2D eigenvalue weighted by molar-refractivity contribution is 9.10. The Morgan fingerprint density at radius 2 is 0.988 bits per heavy atom. The van der Waals surface area contributed by atoms with E-state index in [-0.39, 0.29) is 47.9 Å². The molecule has 20 nitrogen and oxygen atoms in total. The van der Waals surface area contributed by atoms with Gasteiger partial charge in [0, 0.05) is 48.3 Å². The van der Waals surface area contributed by atoms with Crippen molar-refractivity contribution in [3.05, 3.63) is 111 Å². The average Bonchev–Trinajstić information content (AvgIpc) is 3.66. The Kier molecular flexibility index (Phi) is 23.8. The monoisotopic (exact) mass is 1260 g/mol. The summed E-state index contributed by atoms with van der Waals surface area (Å²) in [5.74, 6) is 1.26. The lowest BCUT2D eigenvalue weighted by atomic mass is 9.87. The van der Waals surface area contributed by atoms with E-state index in [0.29, 0.717) is 46.1 Å². The van der Waals surface area contributed by atoms with Crippen molar-refractivity contribution in [2.75, 3.05) is 50.7 Å². The molecule has 0 amide bonds. The van der Waals surface area contributed by atoms with Crippen LogP contribution in [0.4, 0.5) is 60.9 Å². The van der Waals surface area contributed by atoms with Crippen LogP contribution in [0.3, 0.4) is 0 Å². The summed E-state index contributed by atoms with van der Waals surface area (Å²) in [6.07, 6.45) is 12.3. The smallest absolute Gasteiger partial charge is 0.306 e. The number of nitrogen functional groups attached to an aromatic ring is 1. The second kappa shape index (κ2) is 30.2. The molecule has 0 spiro atoms. The van der Waals surface area contributed by atoms with Gasteiger partial charge in [0.25, 0.3) is 17.5 Å². The Morgan fingerprint density at radius 1 is 0.607 bits per heavy atom. The van der Waals surface area contributed by atoms with Gasteiger partial charge in [-0.2, -0.15) is 13.1 Å². The molecule has 3 saturated heterocycles. The van der Waals surface area contributed by atoms with Crippen LogP contribution in [0, 0.1) is 52.3 Å². The molecule has 24 heteroatoms. The molecule has 448 valence electrons. The van der Waals surface area contributed by atoms with E-state index >= 15 is 0 Å². The molecule has 6 aromatic rings. The number of nitrogens with one attached hydrogen (secondary N) is 2. The molecule has 0 aliphatic carbocycles. The Morgan fingerprint density at radius 3 is 1.33 bits per heavy atom. The van der Waals surface area contributed by atoms with Gasteiger partial charge >= 0.3 is 11.9 Å². The predicted octanol–water partition coefficient (Wildman–Crippen LogP) is 14.7. The topological polar surface area (TPSA) is 229 Å². The second-order valence-electron chi connectivity index (χ2n) is 23.2. The average molecular weight is 1260 g/mol. The summed E-state index contributed by atoms with van der Waals surface area (Å²) >= 11 is 7.48. The van der Waals surface area contributed by atoms with E-state index in [1.54, 1.807) is 18.6 Å². The van der Waals surface area contributed by atoms with Crippen LogP contribution in [0.2, 0.25) is 0 Å². The molecule has 0 saturated carbocycles. The van der Waals surface area contributed by atoms with Crippen LogP contribution in [0.15, 0.2) is 59.5 Å². The van der Waals surface area contributed by atoms with Gasteiger partial charge in [0.05, 0.1) is 58.4 Å². The van der Waals surface area contributed by atoms with Crippen LogP contribution < -0.4 is 36.8 Å². The minimum Gasteiger partial charge on any atom is -0.460 e. The van der Waals surface area contributed by atoms with Gasteiger partial charge in [-0.05, 0) is 204 Å². The van der Waals surface area contributed by atoms with Crippen molar-refractivity contribution in [3.8, 4) is 0 Å². The molecule has 0 aromatic carbocycles. The maximum Gasteiger partial charge on any atom is 0.306 e. The number of hydrogen-bond acceptors (Lipinski definition) is 20. The summed E-state index contributed by atoms with van der Waals surface area (Å²) in [5.41, 5.74) is 17.8. The van der Waals surface area contributed by atoms with E-state index in [0.717, 1.165) is 107 Å². The number of ether oxygens (including phenoxy) is 2. The predicted molar refractivity (Wildman–Crippen MR) is 345 cm³/mol. The molecule has 6 N–H and O–H groups in total. The summed E-state index contributed by atoms with van der Waals surface area (Å²) in [6.45, 7) is 48.2. The maximum absolute atomic E-state index is 12.4. The number of rotatable bonds is 11. The number of anilines is 8. The maximum atomic E-state index is 12.4. The van der Waals surface area contributed by atoms with E-state index in [4.69, 9.17) is 40.7 Å². The summed E-state index contributed by atoms with van der Waals surface area (Å²) in [5, 5.41) is 9.14. The number of nitrogens with zero attached hydrogens (tertiary/aromatic N) is 12. The van der Waals surface area contributed by atoms with Gasteiger partial charge in [-0.1, -0.05) is 35.6 Å². The van der Waals surface area contributed by atoms with E-state index in [1.165, 1.54) is 34.6 Å². The lowest BCUT2D eigenvalue weighted by Crippen LogP contribution is -2.50. The molecule has 0 unspecified atom stereocenters. The zero-order valence-corrected chi connectivity index (χ0v) is 54.2. The molecule has 84 heavy (non-hydrogen) atoms. The number of aromatic nitrogens is 6. The number of aryl methyl sites for hydroxylation is 3. The van der Waals surface area contributed by atoms with Gasteiger partial charge in [0.15, 0.2) is 0 Å². The number of carbonyl (C=O) groups is 2. The minimum absolute atomic E-state index is 0.135. The first-order chi connectivity index (χ1) is 39.7. The lowest BCUT2D eigenvalue weighted by Gasteiger charge is -2.40. The Labute approximate surface area is 516 Å². The summed E-state index contributed by atoms with van der Waals surface area (Å²) < 4.78 is 24.2.